The number of carbonyl (C=O) groups is 2. The highest BCUT2D eigenvalue weighted by Crippen LogP contribution is 2.24. The second kappa shape index (κ2) is 10.7. The van der Waals surface area contributed by atoms with Crippen LogP contribution in [0.5, 0.6) is 0 Å². The first-order valence-corrected chi connectivity index (χ1v) is 11.9. The first-order chi connectivity index (χ1) is 14.8. The Balaban J connectivity index is 1.68. The molecule has 1 aromatic carbocycles. The van der Waals surface area contributed by atoms with Crippen molar-refractivity contribution in [1.29, 1.82) is 0 Å². The fourth-order valence-corrected chi connectivity index (χ4v) is 4.26. The monoisotopic (exact) mass is 478 g/mol. The van der Waals surface area contributed by atoms with E-state index in [0.717, 1.165) is 0 Å². The van der Waals surface area contributed by atoms with Crippen LogP contribution in [0.25, 0.3) is 0 Å². The maximum Gasteiger partial charge on any atom is 0.251 e. The number of amides is 2. The SMILES string of the molecule is CC(C)C[C@@H](NC(=O)c1ccc(Cl)cc1)c1nnc(SCC(=O)Nc2nccs2)n1C. The minimum Gasteiger partial charge on any atom is -0.342 e. The van der Waals surface area contributed by atoms with Gasteiger partial charge in [0.05, 0.1) is 11.8 Å². The number of thiazole rings is 1. The Kier molecular flexibility index (Phi) is 8.05. The molecule has 2 heterocycles. The molecule has 164 valence electrons. The molecule has 0 saturated carbocycles. The Labute approximate surface area is 193 Å². The van der Waals surface area contributed by atoms with E-state index in [-0.39, 0.29) is 23.6 Å². The minimum atomic E-state index is -0.320. The number of halogens is 1. The van der Waals surface area contributed by atoms with Gasteiger partial charge in [-0.05, 0) is 36.6 Å². The first-order valence-electron chi connectivity index (χ1n) is 9.61. The van der Waals surface area contributed by atoms with E-state index in [0.29, 0.717) is 39.0 Å². The molecule has 0 fully saturated rings. The van der Waals surface area contributed by atoms with Crippen molar-refractivity contribution < 1.29 is 9.59 Å². The third-order valence-electron chi connectivity index (χ3n) is 4.31. The van der Waals surface area contributed by atoms with E-state index in [2.05, 4.69) is 39.7 Å². The molecule has 0 aliphatic rings. The summed E-state index contributed by atoms with van der Waals surface area (Å²) < 4.78 is 1.82. The normalized spacial score (nSPS) is 12.0. The van der Waals surface area contributed by atoms with Crippen LogP contribution in [0.2, 0.25) is 5.02 Å². The van der Waals surface area contributed by atoms with Crippen LogP contribution in [0.4, 0.5) is 5.13 Å². The molecule has 11 heteroatoms. The largest absolute Gasteiger partial charge is 0.342 e. The van der Waals surface area contributed by atoms with E-state index in [1.807, 2.05) is 11.6 Å². The van der Waals surface area contributed by atoms with Crippen LogP contribution < -0.4 is 10.6 Å². The van der Waals surface area contributed by atoms with Crippen LogP contribution in [0, 0.1) is 5.92 Å². The van der Waals surface area contributed by atoms with Gasteiger partial charge < -0.3 is 15.2 Å². The number of anilines is 1. The van der Waals surface area contributed by atoms with Gasteiger partial charge in [0.1, 0.15) is 0 Å². The molecule has 0 saturated heterocycles. The number of benzene rings is 1. The zero-order valence-corrected chi connectivity index (χ0v) is 19.7. The maximum absolute atomic E-state index is 12.7. The van der Waals surface area contributed by atoms with Gasteiger partial charge in [0.15, 0.2) is 16.1 Å². The number of carbonyl (C=O) groups excluding carboxylic acids is 2. The van der Waals surface area contributed by atoms with E-state index in [4.69, 9.17) is 11.6 Å². The molecular formula is C20H23ClN6O2S2. The van der Waals surface area contributed by atoms with E-state index >= 15 is 0 Å². The van der Waals surface area contributed by atoms with Crippen molar-refractivity contribution in [3.05, 3.63) is 52.3 Å². The average molecular weight is 479 g/mol. The molecule has 0 aliphatic carbocycles. The summed E-state index contributed by atoms with van der Waals surface area (Å²) in [5, 5.41) is 17.8. The number of hydrogen-bond acceptors (Lipinski definition) is 7. The van der Waals surface area contributed by atoms with Gasteiger partial charge in [-0.3, -0.25) is 9.59 Å². The molecule has 1 atom stereocenters. The standard InChI is InChI=1S/C20H23ClN6O2S2/c1-12(2)10-15(23-18(29)13-4-6-14(21)7-5-13)17-25-26-20(27(17)3)31-11-16(28)24-19-22-8-9-30-19/h4-9,12,15H,10-11H2,1-3H3,(H,23,29)(H,22,24,28)/t15-/m1/s1. The van der Waals surface area contributed by atoms with Crippen LogP contribution in [0.1, 0.15) is 42.5 Å². The third kappa shape index (κ3) is 6.52. The fraction of sp³-hybridized carbons (Fsp3) is 0.350. The molecule has 3 rings (SSSR count). The Morgan fingerprint density at radius 2 is 1.97 bits per heavy atom. The molecule has 2 aromatic heterocycles. The summed E-state index contributed by atoms with van der Waals surface area (Å²) in [6.07, 6.45) is 2.33. The first kappa shape index (κ1) is 23.2. The van der Waals surface area contributed by atoms with Gasteiger partial charge in [-0.1, -0.05) is 37.2 Å². The quantitative estimate of drug-likeness (QED) is 0.447. The molecule has 0 unspecified atom stereocenters. The Hall–Kier alpha value is -2.43. The highest BCUT2D eigenvalue weighted by Gasteiger charge is 2.23. The molecule has 0 aliphatic heterocycles. The lowest BCUT2D eigenvalue weighted by Crippen LogP contribution is -2.31. The summed E-state index contributed by atoms with van der Waals surface area (Å²) in [7, 11) is 1.83. The molecule has 3 aromatic rings. The van der Waals surface area contributed by atoms with Gasteiger partial charge in [0.2, 0.25) is 5.91 Å². The number of nitrogens with zero attached hydrogens (tertiary/aromatic N) is 4. The van der Waals surface area contributed by atoms with Gasteiger partial charge in [0, 0.05) is 29.2 Å². The van der Waals surface area contributed by atoms with E-state index < -0.39 is 0 Å². The zero-order chi connectivity index (χ0) is 22.4. The van der Waals surface area contributed by atoms with Crippen molar-refractivity contribution in [1.82, 2.24) is 25.1 Å². The molecule has 0 radical (unpaired) electrons. The molecule has 0 bridgehead atoms. The Morgan fingerprint density at radius 3 is 2.61 bits per heavy atom. The number of hydrogen-bond donors (Lipinski definition) is 2. The third-order valence-corrected chi connectivity index (χ3v) is 6.27. The molecule has 2 N–H and O–H groups in total. The minimum absolute atomic E-state index is 0.167. The van der Waals surface area contributed by atoms with Crippen molar-refractivity contribution in [3.8, 4) is 0 Å². The molecule has 2 amide bonds. The highest BCUT2D eigenvalue weighted by atomic mass is 35.5. The maximum atomic E-state index is 12.7. The highest BCUT2D eigenvalue weighted by molar-refractivity contribution is 7.99. The van der Waals surface area contributed by atoms with Gasteiger partial charge in [-0.2, -0.15) is 0 Å². The van der Waals surface area contributed by atoms with Crippen LogP contribution in [0.15, 0.2) is 41.0 Å². The van der Waals surface area contributed by atoms with Crippen LogP contribution >= 0.6 is 34.7 Å². The van der Waals surface area contributed by atoms with E-state index in [9.17, 15) is 9.59 Å². The number of rotatable bonds is 9. The van der Waals surface area contributed by atoms with Crippen molar-refractivity contribution in [3.63, 3.8) is 0 Å². The van der Waals surface area contributed by atoms with Crippen LogP contribution in [0.3, 0.4) is 0 Å². The fourth-order valence-electron chi connectivity index (χ4n) is 2.87. The second-order valence-corrected chi connectivity index (χ2v) is 9.51. The summed E-state index contributed by atoms with van der Waals surface area (Å²) in [5.41, 5.74) is 0.522. The van der Waals surface area contributed by atoms with Gasteiger partial charge in [-0.15, -0.1) is 21.5 Å². The number of thioether (sulfide) groups is 1. The molecule has 8 nitrogen and oxygen atoms in total. The summed E-state index contributed by atoms with van der Waals surface area (Å²) in [6, 6.07) is 6.41. The Bertz CT molecular complexity index is 1020. The van der Waals surface area contributed by atoms with Crippen molar-refractivity contribution in [2.24, 2.45) is 13.0 Å². The van der Waals surface area contributed by atoms with Crippen molar-refractivity contribution in [2.45, 2.75) is 31.5 Å². The van der Waals surface area contributed by atoms with Crippen molar-refractivity contribution in [2.75, 3.05) is 11.1 Å². The van der Waals surface area contributed by atoms with Crippen molar-refractivity contribution >= 4 is 51.6 Å². The lowest BCUT2D eigenvalue weighted by molar-refractivity contribution is -0.113. The predicted molar refractivity (Wildman–Crippen MR) is 124 cm³/mol. The van der Waals surface area contributed by atoms with Gasteiger partial charge in [-0.25, -0.2) is 4.98 Å². The van der Waals surface area contributed by atoms with E-state index in [1.165, 1.54) is 23.1 Å². The zero-order valence-electron chi connectivity index (χ0n) is 17.3. The molecule has 31 heavy (non-hydrogen) atoms. The summed E-state index contributed by atoms with van der Waals surface area (Å²) >= 11 is 8.55. The van der Waals surface area contributed by atoms with Crippen LogP contribution in [-0.4, -0.2) is 37.3 Å². The van der Waals surface area contributed by atoms with Crippen LogP contribution in [-0.2, 0) is 11.8 Å². The van der Waals surface area contributed by atoms with E-state index in [1.54, 1.807) is 35.8 Å². The summed E-state index contributed by atoms with van der Waals surface area (Å²) in [4.78, 5) is 28.9. The smallest absolute Gasteiger partial charge is 0.251 e. The lowest BCUT2D eigenvalue weighted by Gasteiger charge is -2.20. The molecular weight excluding hydrogens is 456 g/mol. The average Bonchev–Trinajstić information content (AvgIpc) is 3.35. The predicted octanol–water partition coefficient (Wildman–Crippen LogP) is 4.17. The van der Waals surface area contributed by atoms with Gasteiger partial charge in [0.25, 0.3) is 5.91 Å². The number of nitrogens with one attached hydrogen (secondary N) is 2. The van der Waals surface area contributed by atoms with Gasteiger partial charge >= 0.3 is 0 Å². The Morgan fingerprint density at radius 1 is 1.23 bits per heavy atom. The molecule has 0 spiro atoms. The number of aromatic nitrogens is 4. The summed E-state index contributed by atoms with van der Waals surface area (Å²) in [5.74, 6) is 0.769. The second-order valence-electron chi connectivity index (χ2n) is 7.24. The summed E-state index contributed by atoms with van der Waals surface area (Å²) in [6.45, 7) is 4.16. The lowest BCUT2D eigenvalue weighted by atomic mass is 10.0. The topological polar surface area (TPSA) is 102 Å².